The molecular weight excluding hydrogens is 570 g/mol. The number of likely N-dealkylation sites (N-methyl/N-ethyl adjacent to an activating group) is 1. The van der Waals surface area contributed by atoms with Crippen LogP contribution in [-0.2, 0) is 15.6 Å². The third-order valence-electron chi connectivity index (χ3n) is 8.18. The van der Waals surface area contributed by atoms with Gasteiger partial charge in [0.2, 0.25) is 0 Å². The lowest BCUT2D eigenvalue weighted by Crippen LogP contribution is -2.49. The number of nitrogens with zero attached hydrogens (tertiary/aromatic N) is 5. The molecule has 5 rings (SSSR count). The number of carbonyl (C=O) groups excluding carboxylic acids is 1. The molecule has 1 fully saturated rings. The lowest BCUT2D eigenvalue weighted by Gasteiger charge is -2.40. The number of hydrogen-bond acceptors (Lipinski definition) is 7. The van der Waals surface area contributed by atoms with Crippen molar-refractivity contribution in [2.45, 2.75) is 51.5 Å². The molecule has 4 heterocycles. The SMILES string of the molecule is CC1=CC([C@@H](C)Nc2ccc(C)nc2C(F)F)=C2C=C(N3CCN(c4cnc(C)c(S(C)=O)c4)CC3)N(C)C(=O)C(=C1)C2. The molecule has 11 heteroatoms. The molecule has 1 unspecified atom stereocenters. The van der Waals surface area contributed by atoms with Gasteiger partial charge in [-0.05, 0) is 63.1 Å². The molecule has 0 spiro atoms. The fraction of sp³-hybridized carbons (Fsp3) is 0.406. The second-order valence-electron chi connectivity index (χ2n) is 11.3. The van der Waals surface area contributed by atoms with E-state index in [1.807, 2.05) is 45.2 Å². The molecule has 228 valence electrons. The van der Waals surface area contributed by atoms with Crippen LogP contribution in [-0.4, -0.2) is 75.4 Å². The van der Waals surface area contributed by atoms with E-state index in [0.29, 0.717) is 49.6 Å². The Bertz CT molecular complexity index is 1590. The highest BCUT2D eigenvalue weighted by Gasteiger charge is 2.31. The Morgan fingerprint density at radius 1 is 1.02 bits per heavy atom. The van der Waals surface area contributed by atoms with Crippen LogP contribution in [0.4, 0.5) is 20.2 Å². The van der Waals surface area contributed by atoms with Crippen LogP contribution >= 0.6 is 0 Å². The largest absolute Gasteiger partial charge is 0.377 e. The van der Waals surface area contributed by atoms with Crippen molar-refractivity contribution < 1.29 is 17.8 Å². The zero-order chi connectivity index (χ0) is 31.0. The Labute approximate surface area is 254 Å². The van der Waals surface area contributed by atoms with E-state index in [4.69, 9.17) is 0 Å². The Morgan fingerprint density at radius 3 is 2.40 bits per heavy atom. The number of fused-ring (bicyclic) bond motifs is 2. The maximum absolute atomic E-state index is 13.8. The molecule has 2 aliphatic heterocycles. The predicted molar refractivity (Wildman–Crippen MR) is 166 cm³/mol. The van der Waals surface area contributed by atoms with Crippen LogP contribution in [0.25, 0.3) is 0 Å². The first-order chi connectivity index (χ1) is 20.4. The number of anilines is 2. The summed E-state index contributed by atoms with van der Waals surface area (Å²) in [6.07, 6.45) is 7.26. The Hall–Kier alpha value is -3.86. The molecule has 0 radical (unpaired) electrons. The summed E-state index contributed by atoms with van der Waals surface area (Å²) in [5.41, 5.74) is 5.79. The van der Waals surface area contributed by atoms with Gasteiger partial charge in [-0.3, -0.25) is 18.9 Å². The van der Waals surface area contributed by atoms with E-state index >= 15 is 0 Å². The highest BCUT2D eigenvalue weighted by molar-refractivity contribution is 7.84. The minimum Gasteiger partial charge on any atom is -0.377 e. The second-order valence-corrected chi connectivity index (χ2v) is 12.7. The minimum atomic E-state index is -2.70. The number of hydrogen-bond donors (Lipinski definition) is 1. The molecule has 43 heavy (non-hydrogen) atoms. The van der Waals surface area contributed by atoms with Gasteiger partial charge in [-0.1, -0.05) is 17.7 Å². The molecule has 3 aliphatic rings. The maximum atomic E-state index is 13.8. The van der Waals surface area contributed by atoms with Crippen LogP contribution < -0.4 is 10.2 Å². The predicted octanol–water partition coefficient (Wildman–Crippen LogP) is 5.28. The number of pyridine rings is 2. The van der Waals surface area contributed by atoms with E-state index in [1.165, 1.54) is 0 Å². The third-order valence-corrected chi connectivity index (χ3v) is 9.21. The van der Waals surface area contributed by atoms with Gasteiger partial charge >= 0.3 is 0 Å². The standard InChI is InChI=1S/C32H38F2N6O2S/c1-19-13-24-15-23(26(14-19)21(3)37-27-8-7-20(2)36-30(27)31(33)34)16-29(38(5)32(24)41)40-11-9-39(10-12-40)25-17-28(43(6)42)22(4)35-18-25/h7-8,13-14,16-18,21,31,37H,9-12,15H2,1-6H3/t21-,43?/m1/s1. The van der Waals surface area contributed by atoms with Gasteiger partial charge in [0.15, 0.2) is 0 Å². The van der Waals surface area contributed by atoms with Gasteiger partial charge < -0.3 is 15.1 Å². The van der Waals surface area contributed by atoms with Crippen molar-refractivity contribution in [3.8, 4) is 0 Å². The van der Waals surface area contributed by atoms with E-state index in [1.54, 1.807) is 37.3 Å². The van der Waals surface area contributed by atoms with Gasteiger partial charge in [0, 0.05) is 63.2 Å². The minimum absolute atomic E-state index is 0.0567. The zero-order valence-electron chi connectivity index (χ0n) is 25.4. The highest BCUT2D eigenvalue weighted by atomic mass is 32.2. The number of amides is 1. The molecule has 1 saturated heterocycles. The normalized spacial score (nSPS) is 19.0. The molecule has 0 saturated carbocycles. The third kappa shape index (κ3) is 6.41. The lowest BCUT2D eigenvalue weighted by atomic mass is 9.96. The molecule has 1 N–H and O–H groups in total. The van der Waals surface area contributed by atoms with E-state index in [-0.39, 0.29) is 17.6 Å². The van der Waals surface area contributed by atoms with Gasteiger partial charge in [0.25, 0.3) is 12.3 Å². The zero-order valence-corrected chi connectivity index (χ0v) is 26.3. The van der Waals surface area contributed by atoms with Crippen molar-refractivity contribution >= 4 is 28.1 Å². The van der Waals surface area contributed by atoms with Crippen molar-refractivity contribution in [2.75, 3.05) is 49.7 Å². The van der Waals surface area contributed by atoms with Crippen LogP contribution in [0.3, 0.4) is 0 Å². The Morgan fingerprint density at radius 2 is 1.72 bits per heavy atom. The molecular formula is C32H38F2N6O2S. The van der Waals surface area contributed by atoms with Crippen LogP contribution in [0.1, 0.15) is 43.8 Å². The molecule has 0 aromatic carbocycles. The summed E-state index contributed by atoms with van der Waals surface area (Å²) in [5.74, 6) is 0.752. The van der Waals surface area contributed by atoms with Crippen LogP contribution in [0.15, 0.2) is 75.6 Å². The van der Waals surface area contributed by atoms with Crippen LogP contribution in [0.5, 0.6) is 0 Å². The summed E-state index contributed by atoms with van der Waals surface area (Å²) in [4.78, 5) is 29.1. The number of alkyl halides is 2. The van der Waals surface area contributed by atoms with Gasteiger partial charge in [-0.25, -0.2) is 13.8 Å². The summed E-state index contributed by atoms with van der Waals surface area (Å²) >= 11 is 0. The number of carbonyl (C=O) groups is 1. The van der Waals surface area contributed by atoms with Crippen molar-refractivity contribution in [1.29, 1.82) is 0 Å². The molecule has 2 atom stereocenters. The van der Waals surface area contributed by atoms with Crippen molar-refractivity contribution in [3.63, 3.8) is 0 Å². The topological polar surface area (TPSA) is 81.7 Å². The number of rotatable bonds is 7. The van der Waals surface area contributed by atoms with Gasteiger partial charge in [0.05, 0.1) is 39.0 Å². The molecule has 2 aromatic rings. The van der Waals surface area contributed by atoms with E-state index < -0.39 is 17.2 Å². The lowest BCUT2D eigenvalue weighted by molar-refractivity contribution is -0.125. The van der Waals surface area contributed by atoms with E-state index in [0.717, 1.165) is 38.8 Å². The number of halogens is 2. The van der Waals surface area contributed by atoms with E-state index in [9.17, 15) is 17.8 Å². The summed E-state index contributed by atoms with van der Waals surface area (Å²) < 4.78 is 39.8. The number of piperazine rings is 1. The fourth-order valence-electron chi connectivity index (χ4n) is 5.90. The first-order valence-corrected chi connectivity index (χ1v) is 15.9. The van der Waals surface area contributed by atoms with Gasteiger partial charge in [-0.2, -0.15) is 0 Å². The van der Waals surface area contributed by atoms with Crippen LogP contribution in [0.2, 0.25) is 0 Å². The Balaban J connectivity index is 1.45. The molecule has 2 bridgehead atoms. The van der Waals surface area contributed by atoms with Crippen molar-refractivity contribution in [3.05, 3.63) is 87.8 Å². The summed E-state index contributed by atoms with van der Waals surface area (Å²) in [6.45, 7) is 10.2. The molecule has 1 amide bonds. The molecule has 1 aliphatic carbocycles. The number of aryl methyl sites for hydroxylation is 2. The second kappa shape index (κ2) is 12.4. The van der Waals surface area contributed by atoms with Crippen molar-refractivity contribution in [2.24, 2.45) is 0 Å². The monoisotopic (exact) mass is 608 g/mol. The average molecular weight is 609 g/mol. The average Bonchev–Trinajstić information content (AvgIpc) is 3.21. The number of aromatic nitrogens is 2. The van der Waals surface area contributed by atoms with E-state index in [2.05, 4.69) is 31.2 Å². The summed E-state index contributed by atoms with van der Waals surface area (Å²) in [6, 6.07) is 5.01. The van der Waals surface area contributed by atoms with Gasteiger partial charge in [-0.15, -0.1) is 0 Å². The summed E-state index contributed by atoms with van der Waals surface area (Å²) in [7, 11) is 0.682. The van der Waals surface area contributed by atoms with Crippen LogP contribution in [0, 0.1) is 13.8 Å². The van der Waals surface area contributed by atoms with Gasteiger partial charge in [0.1, 0.15) is 11.5 Å². The Kier molecular flexibility index (Phi) is 8.82. The quantitative estimate of drug-likeness (QED) is 0.458. The molecule has 2 aromatic heterocycles. The first kappa shape index (κ1) is 30.6. The maximum Gasteiger partial charge on any atom is 0.282 e. The smallest absolute Gasteiger partial charge is 0.282 e. The highest BCUT2D eigenvalue weighted by Crippen LogP contribution is 2.35. The molecule has 8 nitrogen and oxygen atoms in total. The first-order valence-electron chi connectivity index (χ1n) is 14.4. The fourth-order valence-corrected chi connectivity index (χ4v) is 6.65. The van der Waals surface area contributed by atoms with Crippen molar-refractivity contribution in [1.82, 2.24) is 19.8 Å². The number of nitrogens with one attached hydrogen (secondary N) is 1. The number of allylic oxidation sites excluding steroid dienone is 4. The summed E-state index contributed by atoms with van der Waals surface area (Å²) in [5, 5.41) is 3.27.